The molecule has 0 amide bonds. The first-order chi connectivity index (χ1) is 18.9. The summed E-state index contributed by atoms with van der Waals surface area (Å²) in [6.45, 7) is 19.9. The van der Waals surface area contributed by atoms with Gasteiger partial charge in [-0.15, -0.1) is 0 Å². The SMILES string of the molecule is C[Si](C)(C)CCS(=O)(=O)N1C/C=C/CN(S(=O)(=O)CC[Si](C)(C)C)C/C=C/CN(S(=O)(=O)CC[Si](C)(C)C)C/C=C/C1. The van der Waals surface area contributed by atoms with E-state index in [9.17, 15) is 25.3 Å². The summed E-state index contributed by atoms with van der Waals surface area (Å²) in [6.07, 6.45) is 10.3. The molecule has 0 atom stereocenters. The maximum absolute atomic E-state index is 13.3. The fraction of sp³-hybridized carbons (Fsp3) is 0.778. The van der Waals surface area contributed by atoms with Crippen LogP contribution in [0.5, 0.6) is 0 Å². The van der Waals surface area contributed by atoms with Gasteiger partial charge in [-0.25, -0.2) is 25.3 Å². The van der Waals surface area contributed by atoms with E-state index in [1.54, 1.807) is 36.5 Å². The molecule has 246 valence electrons. The van der Waals surface area contributed by atoms with Gasteiger partial charge < -0.3 is 0 Å². The predicted octanol–water partition coefficient (Wildman–Crippen LogP) is 4.58. The van der Waals surface area contributed by atoms with Gasteiger partial charge in [-0.05, 0) is 18.1 Å². The van der Waals surface area contributed by atoms with Gasteiger partial charge in [0.1, 0.15) is 0 Å². The van der Waals surface area contributed by atoms with Gasteiger partial charge in [-0.2, -0.15) is 12.9 Å². The van der Waals surface area contributed by atoms with Gasteiger partial charge in [0.15, 0.2) is 0 Å². The Bertz CT molecular complexity index is 1080. The summed E-state index contributed by atoms with van der Waals surface area (Å²) in [5.74, 6) is 0.175. The topological polar surface area (TPSA) is 112 Å². The summed E-state index contributed by atoms with van der Waals surface area (Å²) >= 11 is 0. The third-order valence-corrected chi connectivity index (χ3v) is 18.6. The minimum atomic E-state index is -3.56. The normalized spacial score (nSPS) is 21.4. The molecular formula is C27H57N3O6S3Si3. The second-order valence-electron chi connectivity index (χ2n) is 14.7. The highest BCUT2D eigenvalue weighted by Gasteiger charge is 2.27. The van der Waals surface area contributed by atoms with Crippen molar-refractivity contribution in [3.05, 3.63) is 36.5 Å². The van der Waals surface area contributed by atoms with Crippen molar-refractivity contribution >= 4 is 54.3 Å². The van der Waals surface area contributed by atoms with E-state index in [1.807, 2.05) is 0 Å². The Kier molecular flexibility index (Phi) is 15.3. The first-order valence-corrected chi connectivity index (χ1v) is 30.8. The Balaban J connectivity index is 3.37. The highest BCUT2D eigenvalue weighted by molar-refractivity contribution is 7.89. The Hall–Kier alpha value is -0.399. The first-order valence-electron chi connectivity index (χ1n) is 14.8. The van der Waals surface area contributed by atoms with E-state index in [-0.39, 0.29) is 56.5 Å². The summed E-state index contributed by atoms with van der Waals surface area (Å²) < 4.78 is 84.0. The molecule has 1 rings (SSSR count). The highest BCUT2D eigenvalue weighted by Crippen LogP contribution is 2.16. The largest absolute Gasteiger partial charge is 0.214 e. The van der Waals surface area contributed by atoms with Gasteiger partial charge >= 0.3 is 0 Å². The van der Waals surface area contributed by atoms with Gasteiger partial charge in [0.2, 0.25) is 30.1 Å². The molecule has 9 nitrogen and oxygen atoms in total. The van der Waals surface area contributed by atoms with Gasteiger partial charge in [0, 0.05) is 63.5 Å². The van der Waals surface area contributed by atoms with Crippen LogP contribution in [0.25, 0.3) is 0 Å². The van der Waals surface area contributed by atoms with Crippen LogP contribution in [-0.2, 0) is 30.1 Å². The molecule has 0 aliphatic carbocycles. The number of hydrogen-bond acceptors (Lipinski definition) is 6. The summed E-state index contributed by atoms with van der Waals surface area (Å²) in [5, 5.41) is 0. The van der Waals surface area contributed by atoms with Crippen molar-refractivity contribution in [1.82, 2.24) is 12.9 Å². The second-order valence-corrected chi connectivity index (χ2v) is 37.9. The van der Waals surface area contributed by atoms with Crippen LogP contribution in [0.3, 0.4) is 0 Å². The lowest BCUT2D eigenvalue weighted by atomic mass is 10.4. The fourth-order valence-corrected chi connectivity index (χ4v) is 16.8. The molecule has 1 aliphatic rings. The maximum Gasteiger partial charge on any atom is 0.214 e. The summed E-state index contributed by atoms with van der Waals surface area (Å²) in [5.41, 5.74) is 0. The van der Waals surface area contributed by atoms with Gasteiger partial charge in [-0.3, -0.25) is 0 Å². The predicted molar refractivity (Wildman–Crippen MR) is 188 cm³/mol. The van der Waals surface area contributed by atoms with E-state index in [0.29, 0.717) is 18.1 Å². The Morgan fingerprint density at radius 2 is 0.571 bits per heavy atom. The highest BCUT2D eigenvalue weighted by atomic mass is 32.2. The van der Waals surface area contributed by atoms with Crippen LogP contribution in [0.4, 0.5) is 0 Å². The molecular weight excluding hydrogens is 643 g/mol. The van der Waals surface area contributed by atoms with Crippen molar-refractivity contribution in [2.45, 2.75) is 77.1 Å². The molecule has 0 saturated heterocycles. The zero-order valence-electron chi connectivity index (χ0n) is 27.5. The maximum atomic E-state index is 13.3. The minimum Gasteiger partial charge on any atom is -0.212 e. The molecule has 0 unspecified atom stereocenters. The number of sulfonamides is 3. The molecule has 0 bridgehead atoms. The van der Waals surface area contributed by atoms with E-state index in [1.165, 1.54) is 12.9 Å². The Labute approximate surface area is 261 Å². The van der Waals surface area contributed by atoms with E-state index >= 15 is 0 Å². The second kappa shape index (κ2) is 16.2. The van der Waals surface area contributed by atoms with E-state index in [2.05, 4.69) is 58.9 Å². The third-order valence-electron chi connectivity index (χ3n) is 6.86. The van der Waals surface area contributed by atoms with E-state index in [0.717, 1.165) is 0 Å². The van der Waals surface area contributed by atoms with Crippen LogP contribution in [0.1, 0.15) is 0 Å². The minimum absolute atomic E-state index is 0.0582. The summed E-state index contributed by atoms with van der Waals surface area (Å²) in [6, 6.07) is 1.91. The number of rotatable bonds is 12. The first kappa shape index (κ1) is 39.6. The molecule has 42 heavy (non-hydrogen) atoms. The molecule has 0 spiro atoms. The van der Waals surface area contributed by atoms with Crippen molar-refractivity contribution in [1.29, 1.82) is 0 Å². The van der Waals surface area contributed by atoms with Crippen molar-refractivity contribution in [3.8, 4) is 0 Å². The molecule has 0 saturated carbocycles. The average molecular weight is 700 g/mol. The molecule has 0 radical (unpaired) electrons. The van der Waals surface area contributed by atoms with Crippen molar-refractivity contribution in [3.63, 3.8) is 0 Å². The van der Waals surface area contributed by atoms with Crippen LogP contribution in [0.2, 0.25) is 77.1 Å². The molecule has 0 fully saturated rings. The van der Waals surface area contributed by atoms with E-state index < -0.39 is 54.3 Å². The van der Waals surface area contributed by atoms with Crippen LogP contribution >= 0.6 is 0 Å². The Morgan fingerprint density at radius 3 is 0.714 bits per heavy atom. The van der Waals surface area contributed by atoms with Gasteiger partial charge in [0.25, 0.3) is 0 Å². The van der Waals surface area contributed by atoms with Gasteiger partial charge in [-0.1, -0.05) is 95.4 Å². The number of nitrogens with zero attached hydrogens (tertiary/aromatic N) is 3. The van der Waals surface area contributed by atoms with Crippen LogP contribution in [0.15, 0.2) is 36.5 Å². The quantitative estimate of drug-likeness (QED) is 0.218. The Morgan fingerprint density at radius 1 is 0.405 bits per heavy atom. The van der Waals surface area contributed by atoms with E-state index in [4.69, 9.17) is 0 Å². The van der Waals surface area contributed by atoms with Crippen molar-refractivity contribution < 1.29 is 25.3 Å². The zero-order valence-corrected chi connectivity index (χ0v) is 32.9. The summed E-state index contributed by atoms with van der Waals surface area (Å²) in [4.78, 5) is 0. The van der Waals surface area contributed by atoms with Crippen molar-refractivity contribution in [2.75, 3.05) is 56.5 Å². The molecule has 1 aliphatic heterocycles. The lowest BCUT2D eigenvalue weighted by Crippen LogP contribution is -2.37. The van der Waals surface area contributed by atoms with Crippen LogP contribution in [-0.4, -0.2) is 119 Å². The van der Waals surface area contributed by atoms with Crippen molar-refractivity contribution in [2.24, 2.45) is 0 Å². The molecule has 0 N–H and O–H groups in total. The molecule has 0 aromatic heterocycles. The standard InChI is InChI=1S/C27H57N3O6S3Si3/c1-40(2,3)25-22-37(31,32)28-16-10-12-18-29(38(33,34)23-26-41(4,5)6)20-14-15-21-30(19-13-11-17-28)39(35,36)24-27-42(7,8)9/h10-15H,16-27H2,1-9H3/b12-10+,13-11+,15-14+. The molecule has 0 aromatic carbocycles. The lowest BCUT2D eigenvalue weighted by Gasteiger charge is -2.23. The van der Waals surface area contributed by atoms with Gasteiger partial charge in [0.05, 0.1) is 17.3 Å². The smallest absolute Gasteiger partial charge is 0.212 e. The van der Waals surface area contributed by atoms with Crippen LogP contribution in [0, 0.1) is 0 Å². The van der Waals surface area contributed by atoms with Crippen LogP contribution < -0.4 is 0 Å². The molecule has 0 aromatic rings. The number of hydrogen-bond donors (Lipinski definition) is 0. The molecule has 15 heteroatoms. The fourth-order valence-electron chi connectivity index (χ4n) is 3.75. The third kappa shape index (κ3) is 16.6. The average Bonchev–Trinajstić information content (AvgIpc) is 2.83. The summed E-state index contributed by atoms with van der Waals surface area (Å²) in [7, 11) is -15.5. The molecule has 1 heterocycles. The monoisotopic (exact) mass is 699 g/mol. The lowest BCUT2D eigenvalue weighted by molar-refractivity contribution is 0.466. The zero-order chi connectivity index (χ0) is 32.5.